The Hall–Kier alpha value is -0.603. The van der Waals surface area contributed by atoms with E-state index < -0.39 is 14.9 Å². The van der Waals surface area contributed by atoms with E-state index in [0.29, 0.717) is 16.6 Å². The lowest BCUT2D eigenvalue weighted by molar-refractivity contribution is 0.266. The molecule has 0 fully saturated rings. The molecule has 1 aromatic carbocycles. The molecule has 1 atom stereocenters. The van der Waals surface area contributed by atoms with Crippen molar-refractivity contribution in [1.82, 2.24) is 0 Å². The van der Waals surface area contributed by atoms with E-state index in [2.05, 4.69) is 41.5 Å². The third kappa shape index (κ3) is 3.24. The Morgan fingerprint density at radius 1 is 0.944 bits per heavy atom. The fourth-order valence-corrected chi connectivity index (χ4v) is 8.27. The first-order valence-electron chi connectivity index (χ1n) is 7.55. The van der Waals surface area contributed by atoms with E-state index in [1.807, 2.05) is 30.3 Å². The van der Waals surface area contributed by atoms with Crippen molar-refractivity contribution in [2.24, 2.45) is 0 Å². The maximum atomic E-state index is 8.36. The molecule has 1 unspecified atom stereocenters. The smallest absolute Gasteiger partial charge is 0.200 e. The van der Waals surface area contributed by atoms with Gasteiger partial charge in [-0.05, 0) is 22.2 Å². The van der Waals surface area contributed by atoms with E-state index in [0.717, 1.165) is 5.56 Å². The summed E-state index contributed by atoms with van der Waals surface area (Å²) in [6.07, 6.45) is 0. The average Bonchev–Trinajstić information content (AvgIpc) is 2.35. The van der Waals surface area contributed by atoms with Gasteiger partial charge in [-0.3, -0.25) is 0 Å². The Labute approximate surface area is 115 Å². The SMILES string of the molecule is [2H]C(O[Si](C(C)C)(C(C)C)C(C)C)c1ccccc1. The Bertz CT molecular complexity index is 354. The Balaban J connectivity index is 3.02. The highest BCUT2D eigenvalue weighted by Crippen LogP contribution is 2.42. The van der Waals surface area contributed by atoms with Crippen LogP contribution in [0.2, 0.25) is 16.6 Å². The molecule has 0 aliphatic heterocycles. The van der Waals surface area contributed by atoms with E-state index in [1.165, 1.54) is 0 Å². The molecule has 0 N–H and O–H groups in total. The van der Waals surface area contributed by atoms with Crippen molar-refractivity contribution in [3.05, 3.63) is 35.9 Å². The van der Waals surface area contributed by atoms with Gasteiger partial charge in [0.1, 0.15) is 0 Å². The van der Waals surface area contributed by atoms with Crippen LogP contribution in [0.1, 0.15) is 48.5 Å². The van der Waals surface area contributed by atoms with Gasteiger partial charge in [0.05, 0.1) is 7.95 Å². The minimum atomic E-state index is -1.96. The van der Waals surface area contributed by atoms with Gasteiger partial charge < -0.3 is 4.43 Å². The van der Waals surface area contributed by atoms with Gasteiger partial charge in [0.2, 0.25) is 8.32 Å². The van der Waals surface area contributed by atoms with Crippen molar-refractivity contribution in [1.29, 1.82) is 0 Å². The summed E-state index contributed by atoms with van der Waals surface area (Å²) in [5.41, 5.74) is 2.51. The molecule has 0 aliphatic carbocycles. The van der Waals surface area contributed by atoms with Crippen LogP contribution in [-0.4, -0.2) is 8.32 Å². The van der Waals surface area contributed by atoms with Crippen LogP contribution in [-0.2, 0) is 11.0 Å². The van der Waals surface area contributed by atoms with Crippen LogP contribution in [0.25, 0.3) is 0 Å². The molecule has 0 radical (unpaired) electrons. The normalized spacial score (nSPS) is 15.3. The first-order chi connectivity index (χ1) is 8.82. The predicted molar refractivity (Wildman–Crippen MR) is 82.3 cm³/mol. The summed E-state index contributed by atoms with van der Waals surface area (Å²) in [5, 5.41) is 0. The first-order valence-corrected chi connectivity index (χ1v) is 9.11. The molecule has 18 heavy (non-hydrogen) atoms. The maximum Gasteiger partial charge on any atom is 0.200 e. The van der Waals surface area contributed by atoms with E-state index in [-0.39, 0.29) is 0 Å². The molecule has 102 valence electrons. The Morgan fingerprint density at radius 2 is 1.39 bits per heavy atom. The summed E-state index contributed by atoms with van der Waals surface area (Å²) in [5.74, 6) is 0. The molecule has 1 aromatic rings. The van der Waals surface area contributed by atoms with Gasteiger partial charge in [-0.2, -0.15) is 0 Å². The fraction of sp³-hybridized carbons (Fsp3) is 0.625. The number of hydrogen-bond acceptors (Lipinski definition) is 1. The number of rotatable bonds is 6. The largest absolute Gasteiger partial charge is 0.412 e. The van der Waals surface area contributed by atoms with Crippen molar-refractivity contribution in [3.63, 3.8) is 0 Å². The molecule has 0 bridgehead atoms. The van der Waals surface area contributed by atoms with Crippen molar-refractivity contribution < 1.29 is 5.80 Å². The second-order valence-electron chi connectivity index (χ2n) is 5.96. The lowest BCUT2D eigenvalue weighted by atomic mass is 10.2. The highest BCUT2D eigenvalue weighted by atomic mass is 28.4. The van der Waals surface area contributed by atoms with Crippen molar-refractivity contribution >= 4 is 8.32 Å². The third-order valence-corrected chi connectivity index (χ3v) is 9.85. The van der Waals surface area contributed by atoms with Crippen molar-refractivity contribution in [3.8, 4) is 0 Å². The summed E-state index contributed by atoms with van der Waals surface area (Å²) in [7, 11) is -1.96. The number of benzene rings is 1. The molecule has 0 aromatic heterocycles. The van der Waals surface area contributed by atoms with Gasteiger partial charge in [0.15, 0.2) is 0 Å². The van der Waals surface area contributed by atoms with Crippen LogP contribution in [0.5, 0.6) is 0 Å². The molecule has 0 aliphatic rings. The third-order valence-electron chi connectivity index (χ3n) is 3.91. The van der Waals surface area contributed by atoms with Crippen LogP contribution < -0.4 is 0 Å². The van der Waals surface area contributed by atoms with Gasteiger partial charge in [-0.25, -0.2) is 0 Å². The van der Waals surface area contributed by atoms with Crippen LogP contribution in [0.3, 0.4) is 0 Å². The summed E-state index contributed by atoms with van der Waals surface area (Å²) < 4.78 is 14.8. The summed E-state index contributed by atoms with van der Waals surface area (Å²) in [6.45, 7) is 13.0. The molecule has 0 amide bonds. The second kappa shape index (κ2) is 6.53. The fourth-order valence-electron chi connectivity index (χ4n) is 3.11. The topological polar surface area (TPSA) is 9.23 Å². The van der Waals surface area contributed by atoms with Crippen LogP contribution in [0.4, 0.5) is 0 Å². The lowest BCUT2D eigenvalue weighted by Crippen LogP contribution is -2.47. The van der Waals surface area contributed by atoms with E-state index in [9.17, 15) is 0 Å². The first kappa shape index (κ1) is 13.8. The quantitative estimate of drug-likeness (QED) is 0.628. The van der Waals surface area contributed by atoms with Crippen LogP contribution in [0, 0.1) is 0 Å². The van der Waals surface area contributed by atoms with Crippen LogP contribution >= 0.6 is 0 Å². The zero-order chi connectivity index (χ0) is 14.6. The Morgan fingerprint density at radius 3 is 1.78 bits per heavy atom. The van der Waals surface area contributed by atoms with Gasteiger partial charge in [0, 0.05) is 0 Å². The standard InChI is InChI=1S/C16H28OSi/c1-13(2)18(14(3)4,15(5)6)17-12-16-10-8-7-9-11-16/h7-11,13-15H,12H2,1-6H3/i12D. The highest BCUT2D eigenvalue weighted by Gasteiger charge is 2.44. The zero-order valence-corrected chi connectivity index (χ0v) is 13.6. The maximum absolute atomic E-state index is 8.36. The molecular formula is C16H28OSi. The van der Waals surface area contributed by atoms with E-state index in [1.54, 1.807) is 0 Å². The second-order valence-corrected chi connectivity index (χ2v) is 11.4. The van der Waals surface area contributed by atoms with Gasteiger partial charge in [-0.1, -0.05) is 71.9 Å². The lowest BCUT2D eigenvalue weighted by Gasteiger charge is -2.42. The molecule has 0 saturated carbocycles. The molecule has 1 nitrogen and oxygen atoms in total. The zero-order valence-electron chi connectivity index (χ0n) is 13.6. The summed E-state index contributed by atoms with van der Waals surface area (Å²) >= 11 is 0. The molecule has 0 spiro atoms. The Kier molecular flexibility index (Phi) is 5.01. The average molecular weight is 265 g/mol. The number of hydrogen-bond donors (Lipinski definition) is 0. The predicted octanol–water partition coefficient (Wildman–Crippen LogP) is 5.38. The van der Waals surface area contributed by atoms with Crippen LogP contribution in [0.15, 0.2) is 30.3 Å². The van der Waals surface area contributed by atoms with Gasteiger partial charge in [-0.15, -0.1) is 0 Å². The minimum Gasteiger partial charge on any atom is -0.412 e. The van der Waals surface area contributed by atoms with E-state index in [4.69, 9.17) is 5.80 Å². The molecular weight excluding hydrogens is 236 g/mol. The molecule has 0 heterocycles. The molecule has 0 saturated heterocycles. The van der Waals surface area contributed by atoms with Crippen molar-refractivity contribution in [2.45, 2.75) is 64.7 Å². The van der Waals surface area contributed by atoms with Gasteiger partial charge >= 0.3 is 0 Å². The van der Waals surface area contributed by atoms with Crippen molar-refractivity contribution in [2.75, 3.05) is 0 Å². The van der Waals surface area contributed by atoms with E-state index >= 15 is 0 Å². The highest BCUT2D eigenvalue weighted by molar-refractivity contribution is 6.77. The van der Waals surface area contributed by atoms with Gasteiger partial charge in [0.25, 0.3) is 0 Å². The molecule has 1 rings (SSSR count). The summed E-state index contributed by atoms with van der Waals surface area (Å²) in [4.78, 5) is 0. The monoisotopic (exact) mass is 265 g/mol. The minimum absolute atomic E-state index is 0.518. The molecule has 2 heteroatoms. The summed E-state index contributed by atoms with van der Waals surface area (Å²) in [6, 6.07) is 9.90.